The smallest absolute Gasteiger partial charge is 0.169 e. The zero-order chi connectivity index (χ0) is 11.5. The highest BCUT2D eigenvalue weighted by molar-refractivity contribution is 7.14. The molecule has 0 amide bonds. The number of carbonyl (C=O) groups is 1. The highest BCUT2D eigenvalue weighted by Crippen LogP contribution is 2.28. The van der Waals surface area contributed by atoms with E-state index >= 15 is 0 Å². The third-order valence-corrected chi connectivity index (χ3v) is 3.60. The Labute approximate surface area is 98.2 Å². The first-order valence-electron chi connectivity index (χ1n) is 5.02. The van der Waals surface area contributed by atoms with Gasteiger partial charge in [0.05, 0.1) is 4.88 Å². The molecular formula is C13H12O2S. The summed E-state index contributed by atoms with van der Waals surface area (Å²) in [4.78, 5) is 12.6. The normalized spacial score (nSPS) is 12.4. The van der Waals surface area contributed by atoms with E-state index in [1.807, 2.05) is 30.3 Å². The van der Waals surface area contributed by atoms with Gasteiger partial charge >= 0.3 is 0 Å². The summed E-state index contributed by atoms with van der Waals surface area (Å²) in [6.45, 7) is 1.53. The Kier molecular flexibility index (Phi) is 3.17. The van der Waals surface area contributed by atoms with Crippen LogP contribution >= 0.6 is 11.3 Å². The van der Waals surface area contributed by atoms with E-state index in [0.29, 0.717) is 4.88 Å². The Morgan fingerprint density at radius 3 is 2.44 bits per heavy atom. The molecule has 0 aliphatic carbocycles. The van der Waals surface area contributed by atoms with E-state index in [2.05, 4.69) is 0 Å². The molecule has 0 saturated heterocycles. The van der Waals surface area contributed by atoms with Gasteiger partial charge in [-0.25, -0.2) is 0 Å². The lowest BCUT2D eigenvalue weighted by Crippen LogP contribution is -1.95. The van der Waals surface area contributed by atoms with Crippen LogP contribution in [0.15, 0.2) is 42.5 Å². The lowest BCUT2D eigenvalue weighted by atomic mass is 10.1. The molecule has 82 valence electrons. The van der Waals surface area contributed by atoms with Gasteiger partial charge in [-0.15, -0.1) is 11.3 Å². The number of Topliss-reactive ketones (excluding diaryl/α,β-unsaturated/α-hetero) is 1. The fourth-order valence-corrected chi connectivity index (χ4v) is 2.41. The van der Waals surface area contributed by atoms with Gasteiger partial charge in [-0.1, -0.05) is 30.3 Å². The molecule has 2 rings (SSSR count). The number of aliphatic hydroxyl groups is 1. The molecule has 2 nitrogen and oxygen atoms in total. The zero-order valence-corrected chi connectivity index (χ0v) is 9.70. The highest BCUT2D eigenvalue weighted by atomic mass is 32.1. The standard InChI is InChI=1S/C13H12O2S/c1-9(14)11-7-8-12(16-11)13(15)10-5-3-2-4-6-10/h2-8,13,15H,1H3. The summed E-state index contributed by atoms with van der Waals surface area (Å²) in [5.74, 6) is 0.0384. The van der Waals surface area contributed by atoms with Gasteiger partial charge in [0.1, 0.15) is 6.10 Å². The molecular weight excluding hydrogens is 220 g/mol. The van der Waals surface area contributed by atoms with E-state index in [1.54, 1.807) is 12.1 Å². The maximum atomic E-state index is 11.1. The third kappa shape index (κ3) is 2.21. The molecule has 1 heterocycles. The molecule has 0 aliphatic rings. The van der Waals surface area contributed by atoms with Crippen molar-refractivity contribution in [3.63, 3.8) is 0 Å². The van der Waals surface area contributed by atoms with Gasteiger partial charge in [-0.3, -0.25) is 4.79 Å². The van der Waals surface area contributed by atoms with Crippen LogP contribution in [-0.2, 0) is 0 Å². The van der Waals surface area contributed by atoms with Gasteiger partial charge in [0.25, 0.3) is 0 Å². The van der Waals surface area contributed by atoms with Gasteiger partial charge in [-0.2, -0.15) is 0 Å². The Balaban J connectivity index is 2.27. The van der Waals surface area contributed by atoms with Crippen molar-refractivity contribution in [3.05, 3.63) is 57.8 Å². The molecule has 2 aromatic rings. The lowest BCUT2D eigenvalue weighted by Gasteiger charge is -2.07. The van der Waals surface area contributed by atoms with E-state index in [1.165, 1.54) is 18.3 Å². The number of hydrogen-bond donors (Lipinski definition) is 1. The van der Waals surface area contributed by atoms with E-state index < -0.39 is 6.10 Å². The average Bonchev–Trinajstić information content (AvgIpc) is 2.78. The minimum absolute atomic E-state index is 0.0384. The SMILES string of the molecule is CC(=O)c1ccc(C(O)c2ccccc2)s1. The van der Waals surface area contributed by atoms with Crippen LogP contribution in [0.3, 0.4) is 0 Å². The van der Waals surface area contributed by atoms with Crippen molar-refractivity contribution in [1.29, 1.82) is 0 Å². The topological polar surface area (TPSA) is 37.3 Å². The van der Waals surface area contributed by atoms with Crippen LogP contribution in [0.4, 0.5) is 0 Å². The van der Waals surface area contributed by atoms with Crippen LogP contribution in [0.25, 0.3) is 0 Å². The summed E-state index contributed by atoms with van der Waals surface area (Å²) in [7, 11) is 0. The Morgan fingerprint density at radius 1 is 1.19 bits per heavy atom. The van der Waals surface area contributed by atoms with Gasteiger partial charge in [0.2, 0.25) is 0 Å². The largest absolute Gasteiger partial charge is 0.383 e. The summed E-state index contributed by atoms with van der Waals surface area (Å²) in [5.41, 5.74) is 0.847. The van der Waals surface area contributed by atoms with Crippen molar-refractivity contribution >= 4 is 17.1 Å². The molecule has 0 radical (unpaired) electrons. The molecule has 0 saturated carbocycles. The van der Waals surface area contributed by atoms with Crippen molar-refractivity contribution in [1.82, 2.24) is 0 Å². The predicted octanol–water partition coefficient (Wildman–Crippen LogP) is 3.03. The van der Waals surface area contributed by atoms with Crippen LogP contribution < -0.4 is 0 Å². The van der Waals surface area contributed by atoms with Crippen molar-refractivity contribution in [3.8, 4) is 0 Å². The van der Waals surface area contributed by atoms with Crippen LogP contribution in [-0.4, -0.2) is 10.9 Å². The highest BCUT2D eigenvalue weighted by Gasteiger charge is 2.13. The van der Waals surface area contributed by atoms with E-state index in [4.69, 9.17) is 0 Å². The van der Waals surface area contributed by atoms with Crippen LogP contribution in [0.2, 0.25) is 0 Å². The second-order valence-electron chi connectivity index (χ2n) is 3.57. The van der Waals surface area contributed by atoms with Crippen molar-refractivity contribution in [2.75, 3.05) is 0 Å². The molecule has 1 aromatic carbocycles. The van der Waals surface area contributed by atoms with Gasteiger partial charge in [-0.05, 0) is 24.6 Å². The fourth-order valence-electron chi connectivity index (χ4n) is 1.49. The van der Waals surface area contributed by atoms with E-state index in [-0.39, 0.29) is 5.78 Å². The molecule has 16 heavy (non-hydrogen) atoms. The molecule has 3 heteroatoms. The van der Waals surface area contributed by atoms with Crippen molar-refractivity contribution in [2.24, 2.45) is 0 Å². The Bertz CT molecular complexity index is 488. The van der Waals surface area contributed by atoms with Crippen LogP contribution in [0.5, 0.6) is 0 Å². The minimum atomic E-state index is -0.640. The van der Waals surface area contributed by atoms with E-state index in [9.17, 15) is 9.90 Å². The summed E-state index contributed by atoms with van der Waals surface area (Å²) in [6.07, 6.45) is -0.640. The Morgan fingerprint density at radius 2 is 1.88 bits per heavy atom. The number of thiophene rings is 1. The minimum Gasteiger partial charge on any atom is -0.383 e. The Hall–Kier alpha value is -1.45. The van der Waals surface area contributed by atoms with Crippen LogP contribution in [0.1, 0.15) is 33.1 Å². The first kappa shape index (κ1) is 11.0. The third-order valence-electron chi connectivity index (χ3n) is 2.36. The first-order valence-corrected chi connectivity index (χ1v) is 5.84. The molecule has 0 fully saturated rings. The van der Waals surface area contributed by atoms with E-state index in [0.717, 1.165) is 10.4 Å². The first-order chi connectivity index (χ1) is 7.68. The molecule has 1 unspecified atom stereocenters. The molecule has 1 aromatic heterocycles. The molecule has 0 aliphatic heterocycles. The molecule has 1 N–H and O–H groups in total. The second-order valence-corrected chi connectivity index (χ2v) is 4.69. The fraction of sp³-hybridized carbons (Fsp3) is 0.154. The summed E-state index contributed by atoms with van der Waals surface area (Å²) in [5, 5.41) is 10.1. The number of hydrogen-bond acceptors (Lipinski definition) is 3. The molecule has 1 atom stereocenters. The maximum absolute atomic E-state index is 11.1. The number of rotatable bonds is 3. The number of ketones is 1. The quantitative estimate of drug-likeness (QED) is 0.826. The number of aliphatic hydroxyl groups excluding tert-OH is 1. The van der Waals surface area contributed by atoms with Crippen molar-refractivity contribution in [2.45, 2.75) is 13.0 Å². The predicted molar refractivity (Wildman–Crippen MR) is 64.8 cm³/mol. The molecule has 0 bridgehead atoms. The van der Waals surface area contributed by atoms with Crippen molar-refractivity contribution < 1.29 is 9.90 Å². The van der Waals surface area contributed by atoms with Gasteiger partial charge in [0, 0.05) is 4.88 Å². The monoisotopic (exact) mass is 232 g/mol. The summed E-state index contributed by atoms with van der Waals surface area (Å²) in [6, 6.07) is 13.0. The summed E-state index contributed by atoms with van der Waals surface area (Å²) < 4.78 is 0. The number of carbonyl (C=O) groups excluding carboxylic acids is 1. The molecule has 0 spiro atoms. The lowest BCUT2D eigenvalue weighted by molar-refractivity contribution is 0.102. The average molecular weight is 232 g/mol. The summed E-state index contributed by atoms with van der Waals surface area (Å²) >= 11 is 1.34. The van der Waals surface area contributed by atoms with Crippen LogP contribution in [0, 0.1) is 0 Å². The number of benzene rings is 1. The zero-order valence-electron chi connectivity index (χ0n) is 8.88. The van der Waals surface area contributed by atoms with Gasteiger partial charge in [0.15, 0.2) is 5.78 Å². The maximum Gasteiger partial charge on any atom is 0.169 e. The second kappa shape index (κ2) is 4.60. The van der Waals surface area contributed by atoms with Gasteiger partial charge < -0.3 is 5.11 Å².